The van der Waals surface area contributed by atoms with Gasteiger partial charge in [-0.15, -0.1) is 0 Å². The minimum atomic E-state index is -0.139. The normalized spacial score (nSPS) is 11.9. The molecular formula is C16H15BrClNO. The summed E-state index contributed by atoms with van der Waals surface area (Å²) >= 11 is 9.42. The summed E-state index contributed by atoms with van der Waals surface area (Å²) in [6.07, 6.45) is 0.781. The molecule has 4 heteroatoms. The van der Waals surface area contributed by atoms with Crippen LogP contribution in [0.15, 0.2) is 53.0 Å². The van der Waals surface area contributed by atoms with Crippen molar-refractivity contribution in [1.82, 2.24) is 5.32 Å². The van der Waals surface area contributed by atoms with Crippen molar-refractivity contribution < 1.29 is 4.79 Å². The van der Waals surface area contributed by atoms with Crippen molar-refractivity contribution in [3.05, 3.63) is 69.2 Å². The molecule has 1 atom stereocenters. The van der Waals surface area contributed by atoms with Crippen LogP contribution in [-0.4, -0.2) is 11.9 Å². The van der Waals surface area contributed by atoms with Crippen molar-refractivity contribution >= 4 is 33.4 Å². The first-order valence-electron chi connectivity index (χ1n) is 6.36. The van der Waals surface area contributed by atoms with Crippen molar-refractivity contribution in [2.75, 3.05) is 0 Å². The molecule has 2 aromatic carbocycles. The van der Waals surface area contributed by atoms with Crippen molar-refractivity contribution in [1.29, 1.82) is 0 Å². The van der Waals surface area contributed by atoms with Crippen molar-refractivity contribution in [2.45, 2.75) is 19.4 Å². The fraction of sp³-hybridized carbons (Fsp3) is 0.188. The van der Waals surface area contributed by atoms with Crippen LogP contribution in [0.5, 0.6) is 0 Å². The average molecular weight is 353 g/mol. The van der Waals surface area contributed by atoms with Gasteiger partial charge in [0.25, 0.3) is 5.91 Å². The number of carbonyl (C=O) groups is 1. The third-order valence-electron chi connectivity index (χ3n) is 2.95. The summed E-state index contributed by atoms with van der Waals surface area (Å²) in [7, 11) is 0. The van der Waals surface area contributed by atoms with Crippen LogP contribution in [0.3, 0.4) is 0 Å². The highest BCUT2D eigenvalue weighted by molar-refractivity contribution is 9.10. The molecule has 0 aliphatic rings. The van der Waals surface area contributed by atoms with Gasteiger partial charge in [0.2, 0.25) is 0 Å². The lowest BCUT2D eigenvalue weighted by Crippen LogP contribution is -2.34. The van der Waals surface area contributed by atoms with Gasteiger partial charge >= 0.3 is 0 Å². The van der Waals surface area contributed by atoms with E-state index < -0.39 is 0 Å². The summed E-state index contributed by atoms with van der Waals surface area (Å²) < 4.78 is 1.05. The molecule has 0 saturated heterocycles. The Balaban J connectivity index is 1.98. The van der Waals surface area contributed by atoms with Crippen LogP contribution in [0.2, 0.25) is 5.02 Å². The Hall–Kier alpha value is -1.32. The lowest BCUT2D eigenvalue weighted by molar-refractivity contribution is 0.0940. The van der Waals surface area contributed by atoms with Crippen LogP contribution in [0.25, 0.3) is 0 Å². The third-order valence-corrected chi connectivity index (χ3v) is 3.81. The lowest BCUT2D eigenvalue weighted by Gasteiger charge is -2.14. The fourth-order valence-electron chi connectivity index (χ4n) is 1.97. The highest BCUT2D eigenvalue weighted by Gasteiger charge is 2.12. The summed E-state index contributed by atoms with van der Waals surface area (Å²) in [6.45, 7) is 1.98. The standard InChI is InChI=1S/C16H15BrClNO/c1-11(10-12-6-8-13(17)9-7-12)19-16(20)14-4-2-3-5-15(14)18/h2-9,11H,10H2,1H3,(H,19,20)/t11-/m0/s1. The maximum Gasteiger partial charge on any atom is 0.253 e. The number of amides is 1. The van der Waals surface area contributed by atoms with Crippen LogP contribution in [0, 0.1) is 0 Å². The molecule has 0 spiro atoms. The van der Waals surface area contributed by atoms with Gasteiger partial charge in [0, 0.05) is 10.5 Å². The van der Waals surface area contributed by atoms with E-state index in [0.717, 1.165) is 10.9 Å². The van der Waals surface area contributed by atoms with E-state index in [9.17, 15) is 4.79 Å². The Morgan fingerprint density at radius 2 is 1.85 bits per heavy atom. The molecular weight excluding hydrogens is 338 g/mol. The smallest absolute Gasteiger partial charge is 0.253 e. The Labute approximate surface area is 132 Å². The molecule has 0 radical (unpaired) electrons. The number of halogens is 2. The van der Waals surface area contributed by atoms with Crippen LogP contribution < -0.4 is 5.32 Å². The minimum absolute atomic E-state index is 0.0416. The third kappa shape index (κ3) is 4.09. The second kappa shape index (κ2) is 6.91. The molecule has 1 amide bonds. The number of nitrogens with one attached hydrogen (secondary N) is 1. The van der Waals surface area contributed by atoms with Crippen molar-refractivity contribution in [2.24, 2.45) is 0 Å². The highest BCUT2D eigenvalue weighted by atomic mass is 79.9. The first kappa shape index (κ1) is 15.1. The summed E-state index contributed by atoms with van der Waals surface area (Å²) in [5, 5.41) is 3.44. The Kier molecular flexibility index (Phi) is 5.21. The van der Waals surface area contributed by atoms with E-state index in [4.69, 9.17) is 11.6 Å². The van der Waals surface area contributed by atoms with Crippen LogP contribution in [0.4, 0.5) is 0 Å². The van der Waals surface area contributed by atoms with Crippen molar-refractivity contribution in [3.63, 3.8) is 0 Å². The zero-order valence-electron chi connectivity index (χ0n) is 11.1. The van der Waals surface area contributed by atoms with Gasteiger partial charge in [0.15, 0.2) is 0 Å². The zero-order chi connectivity index (χ0) is 14.5. The molecule has 0 saturated carbocycles. The number of carbonyl (C=O) groups excluding carboxylic acids is 1. The second-order valence-corrected chi connectivity index (χ2v) is 6.01. The number of rotatable bonds is 4. The highest BCUT2D eigenvalue weighted by Crippen LogP contribution is 2.15. The summed E-state index contributed by atoms with van der Waals surface area (Å²) in [5.41, 5.74) is 1.69. The molecule has 104 valence electrons. The van der Waals surface area contributed by atoms with E-state index in [1.54, 1.807) is 18.2 Å². The van der Waals surface area contributed by atoms with Gasteiger partial charge < -0.3 is 5.32 Å². The number of hydrogen-bond acceptors (Lipinski definition) is 1. The SMILES string of the molecule is C[C@@H](Cc1ccc(Br)cc1)NC(=O)c1ccccc1Cl. The first-order valence-corrected chi connectivity index (χ1v) is 7.53. The molecule has 0 bridgehead atoms. The van der Waals surface area contributed by atoms with E-state index in [1.807, 2.05) is 37.3 Å². The van der Waals surface area contributed by atoms with Gasteiger partial charge in [0.05, 0.1) is 10.6 Å². The largest absolute Gasteiger partial charge is 0.349 e. The average Bonchev–Trinajstić information content (AvgIpc) is 2.41. The van der Waals surface area contributed by atoms with Gasteiger partial charge in [0.1, 0.15) is 0 Å². The van der Waals surface area contributed by atoms with E-state index >= 15 is 0 Å². The lowest BCUT2D eigenvalue weighted by atomic mass is 10.1. The number of hydrogen-bond donors (Lipinski definition) is 1. The van der Waals surface area contributed by atoms with E-state index in [0.29, 0.717) is 10.6 Å². The van der Waals surface area contributed by atoms with Crippen LogP contribution in [0.1, 0.15) is 22.8 Å². The quantitative estimate of drug-likeness (QED) is 0.864. The van der Waals surface area contributed by atoms with E-state index in [-0.39, 0.29) is 11.9 Å². The fourth-order valence-corrected chi connectivity index (χ4v) is 2.46. The monoisotopic (exact) mass is 351 g/mol. The first-order chi connectivity index (χ1) is 9.56. The van der Waals surface area contributed by atoms with Crippen LogP contribution in [-0.2, 0) is 6.42 Å². The van der Waals surface area contributed by atoms with Crippen molar-refractivity contribution in [3.8, 4) is 0 Å². The molecule has 0 heterocycles. The molecule has 0 aliphatic heterocycles. The van der Waals surface area contributed by atoms with Crippen LogP contribution >= 0.6 is 27.5 Å². The predicted molar refractivity (Wildman–Crippen MR) is 86.2 cm³/mol. The summed E-state index contributed by atoms with van der Waals surface area (Å²) in [4.78, 5) is 12.1. The summed E-state index contributed by atoms with van der Waals surface area (Å²) in [5.74, 6) is -0.139. The Morgan fingerprint density at radius 1 is 1.20 bits per heavy atom. The maximum absolute atomic E-state index is 12.1. The Bertz CT molecular complexity index is 598. The van der Waals surface area contributed by atoms with Gasteiger partial charge in [-0.3, -0.25) is 4.79 Å². The maximum atomic E-state index is 12.1. The molecule has 2 rings (SSSR count). The molecule has 0 unspecified atom stereocenters. The van der Waals surface area contributed by atoms with E-state index in [2.05, 4.69) is 21.2 Å². The zero-order valence-corrected chi connectivity index (χ0v) is 13.4. The topological polar surface area (TPSA) is 29.1 Å². The number of benzene rings is 2. The molecule has 2 aromatic rings. The summed E-state index contributed by atoms with van der Waals surface area (Å²) in [6, 6.07) is 15.2. The second-order valence-electron chi connectivity index (χ2n) is 4.68. The van der Waals surface area contributed by atoms with Gasteiger partial charge in [-0.05, 0) is 43.2 Å². The Morgan fingerprint density at radius 3 is 2.50 bits per heavy atom. The van der Waals surface area contributed by atoms with Gasteiger partial charge in [-0.2, -0.15) is 0 Å². The van der Waals surface area contributed by atoms with Gasteiger partial charge in [-0.1, -0.05) is 51.8 Å². The minimum Gasteiger partial charge on any atom is -0.349 e. The molecule has 1 N–H and O–H groups in total. The molecule has 0 aliphatic carbocycles. The van der Waals surface area contributed by atoms with E-state index in [1.165, 1.54) is 5.56 Å². The van der Waals surface area contributed by atoms with Gasteiger partial charge in [-0.25, -0.2) is 0 Å². The molecule has 0 fully saturated rings. The molecule has 0 aromatic heterocycles. The predicted octanol–water partition coefficient (Wildman–Crippen LogP) is 4.46. The molecule has 2 nitrogen and oxygen atoms in total. The molecule has 20 heavy (non-hydrogen) atoms.